The Labute approximate surface area is 191 Å². The van der Waals surface area contributed by atoms with Crippen molar-refractivity contribution in [2.75, 3.05) is 25.5 Å². The Kier molecular flexibility index (Phi) is 6.41. The summed E-state index contributed by atoms with van der Waals surface area (Å²) in [6.45, 7) is 2.54. The van der Waals surface area contributed by atoms with Gasteiger partial charge in [0.1, 0.15) is 23.1 Å². The third-order valence-corrected chi connectivity index (χ3v) is 5.98. The van der Waals surface area contributed by atoms with Gasteiger partial charge in [-0.3, -0.25) is 9.59 Å². The van der Waals surface area contributed by atoms with Crippen LogP contribution in [0.3, 0.4) is 0 Å². The van der Waals surface area contributed by atoms with Gasteiger partial charge in [0.05, 0.1) is 24.3 Å². The fourth-order valence-corrected chi connectivity index (χ4v) is 4.12. The predicted molar refractivity (Wildman–Crippen MR) is 123 cm³/mol. The standard InChI is InChI=1S/C24H25N3O4S/c1-16-8-10-18(11-9-16)30-14-22-25-17(15-32-22)12-23(28)27-13-21(24(29)26(2)3)31-20-7-5-4-6-19(20)27/h4-11,15,21H,12-14H2,1-3H3/t21-/m1/s1. The van der Waals surface area contributed by atoms with Crippen molar-refractivity contribution in [3.63, 3.8) is 0 Å². The molecular weight excluding hydrogens is 426 g/mol. The first-order valence-corrected chi connectivity index (χ1v) is 11.2. The molecule has 4 rings (SSSR count). The largest absolute Gasteiger partial charge is 0.486 e. The second-order valence-electron chi connectivity index (χ2n) is 7.82. The first kappa shape index (κ1) is 21.8. The van der Waals surface area contributed by atoms with E-state index in [9.17, 15) is 9.59 Å². The molecule has 7 nitrogen and oxygen atoms in total. The van der Waals surface area contributed by atoms with E-state index in [0.717, 1.165) is 10.8 Å². The van der Waals surface area contributed by atoms with Crippen LogP contribution in [-0.4, -0.2) is 48.4 Å². The summed E-state index contributed by atoms with van der Waals surface area (Å²) in [6.07, 6.45) is -0.601. The van der Waals surface area contributed by atoms with Gasteiger partial charge >= 0.3 is 0 Å². The highest BCUT2D eigenvalue weighted by molar-refractivity contribution is 7.09. The van der Waals surface area contributed by atoms with Gasteiger partial charge in [-0.05, 0) is 31.2 Å². The van der Waals surface area contributed by atoms with Crippen LogP contribution in [0.4, 0.5) is 5.69 Å². The van der Waals surface area contributed by atoms with Gasteiger partial charge in [0, 0.05) is 19.5 Å². The maximum absolute atomic E-state index is 13.2. The van der Waals surface area contributed by atoms with Gasteiger partial charge in [-0.25, -0.2) is 4.98 Å². The van der Waals surface area contributed by atoms with Crippen molar-refractivity contribution in [3.8, 4) is 11.5 Å². The number of para-hydroxylation sites is 2. The molecule has 1 atom stereocenters. The number of aryl methyl sites for hydroxylation is 1. The third kappa shape index (κ3) is 4.91. The molecule has 3 aromatic rings. The van der Waals surface area contributed by atoms with Crippen LogP contribution >= 0.6 is 11.3 Å². The maximum Gasteiger partial charge on any atom is 0.265 e. The molecule has 1 aliphatic rings. The number of hydrogen-bond donors (Lipinski definition) is 0. The number of amides is 2. The molecule has 0 saturated carbocycles. The number of likely N-dealkylation sites (N-methyl/N-ethyl adjacent to an activating group) is 1. The summed E-state index contributed by atoms with van der Waals surface area (Å²) in [7, 11) is 3.35. The number of ether oxygens (including phenoxy) is 2. The molecule has 0 aliphatic carbocycles. The molecule has 0 bridgehead atoms. The van der Waals surface area contributed by atoms with Gasteiger partial charge in [-0.2, -0.15) is 0 Å². The van der Waals surface area contributed by atoms with Crippen molar-refractivity contribution in [1.82, 2.24) is 9.88 Å². The van der Waals surface area contributed by atoms with E-state index in [-0.39, 0.29) is 24.8 Å². The number of anilines is 1. The second kappa shape index (κ2) is 9.40. The molecule has 32 heavy (non-hydrogen) atoms. The van der Waals surface area contributed by atoms with E-state index >= 15 is 0 Å². The molecule has 1 aliphatic heterocycles. The monoisotopic (exact) mass is 451 g/mol. The highest BCUT2D eigenvalue weighted by Gasteiger charge is 2.34. The number of carbonyl (C=O) groups is 2. The molecule has 8 heteroatoms. The number of thiazole rings is 1. The van der Waals surface area contributed by atoms with Crippen molar-refractivity contribution in [1.29, 1.82) is 0 Å². The zero-order chi connectivity index (χ0) is 22.7. The lowest BCUT2D eigenvalue weighted by Gasteiger charge is -2.35. The topological polar surface area (TPSA) is 72.0 Å². The Hall–Kier alpha value is -3.39. The van der Waals surface area contributed by atoms with Crippen LogP contribution in [0.1, 0.15) is 16.3 Å². The van der Waals surface area contributed by atoms with E-state index in [0.29, 0.717) is 23.7 Å². The molecule has 0 unspecified atom stereocenters. The minimum atomic E-state index is -0.738. The summed E-state index contributed by atoms with van der Waals surface area (Å²) in [4.78, 5) is 33.3. The molecule has 166 valence electrons. The lowest BCUT2D eigenvalue weighted by Crippen LogP contribution is -2.50. The third-order valence-electron chi connectivity index (χ3n) is 5.11. The van der Waals surface area contributed by atoms with Crippen LogP contribution in [0, 0.1) is 6.92 Å². The van der Waals surface area contributed by atoms with E-state index in [2.05, 4.69) is 4.98 Å². The molecule has 1 aromatic heterocycles. The van der Waals surface area contributed by atoms with Crippen molar-refractivity contribution in [3.05, 3.63) is 70.2 Å². The van der Waals surface area contributed by atoms with Gasteiger partial charge in [-0.15, -0.1) is 11.3 Å². The molecular formula is C24H25N3O4S. The smallest absolute Gasteiger partial charge is 0.265 e. The van der Waals surface area contributed by atoms with Gasteiger partial charge in [0.15, 0.2) is 6.10 Å². The number of rotatable bonds is 6. The lowest BCUT2D eigenvalue weighted by molar-refractivity contribution is -0.136. The van der Waals surface area contributed by atoms with Crippen molar-refractivity contribution >= 4 is 28.8 Å². The van der Waals surface area contributed by atoms with Crippen molar-refractivity contribution in [2.24, 2.45) is 0 Å². The van der Waals surface area contributed by atoms with Crippen molar-refractivity contribution < 1.29 is 19.1 Å². The lowest BCUT2D eigenvalue weighted by atomic mass is 10.1. The zero-order valence-corrected chi connectivity index (χ0v) is 19.1. The SMILES string of the molecule is Cc1ccc(OCc2nc(CC(=O)N3C[C@H](C(=O)N(C)C)Oc4ccccc43)cs2)cc1. The average molecular weight is 452 g/mol. The Balaban J connectivity index is 1.44. The molecule has 2 heterocycles. The Bertz CT molecular complexity index is 1110. The normalized spacial score (nSPS) is 15.0. The maximum atomic E-state index is 13.2. The summed E-state index contributed by atoms with van der Waals surface area (Å²) in [5, 5.41) is 2.68. The van der Waals surface area contributed by atoms with E-state index < -0.39 is 6.10 Å². The first-order chi connectivity index (χ1) is 15.4. The Morgan fingerprint density at radius 2 is 1.94 bits per heavy atom. The van der Waals surface area contributed by atoms with Crippen LogP contribution in [0.5, 0.6) is 11.5 Å². The summed E-state index contributed by atoms with van der Waals surface area (Å²) in [5.74, 6) is 0.998. The summed E-state index contributed by atoms with van der Waals surface area (Å²) < 4.78 is 11.6. The predicted octanol–water partition coefficient (Wildman–Crippen LogP) is 3.46. The van der Waals surface area contributed by atoms with E-state index in [1.54, 1.807) is 25.1 Å². The average Bonchev–Trinajstić information content (AvgIpc) is 3.24. The summed E-state index contributed by atoms with van der Waals surface area (Å²) >= 11 is 1.46. The molecule has 2 amide bonds. The van der Waals surface area contributed by atoms with E-state index in [1.165, 1.54) is 21.8 Å². The van der Waals surface area contributed by atoms with Crippen LogP contribution in [0.2, 0.25) is 0 Å². The Morgan fingerprint density at radius 3 is 2.69 bits per heavy atom. The highest BCUT2D eigenvalue weighted by Crippen LogP contribution is 2.34. The molecule has 0 spiro atoms. The Morgan fingerprint density at radius 1 is 1.19 bits per heavy atom. The minimum absolute atomic E-state index is 0.131. The molecule has 2 aromatic carbocycles. The number of benzene rings is 2. The summed E-state index contributed by atoms with van der Waals surface area (Å²) in [6, 6.07) is 15.1. The van der Waals surface area contributed by atoms with Crippen LogP contribution in [0.15, 0.2) is 53.9 Å². The van der Waals surface area contributed by atoms with E-state index in [1.807, 2.05) is 54.8 Å². The van der Waals surface area contributed by atoms with Crippen LogP contribution in [0.25, 0.3) is 0 Å². The number of carbonyl (C=O) groups excluding carboxylic acids is 2. The number of nitrogens with zero attached hydrogens (tertiary/aromatic N) is 3. The second-order valence-corrected chi connectivity index (χ2v) is 8.76. The molecule has 0 saturated heterocycles. The highest BCUT2D eigenvalue weighted by atomic mass is 32.1. The molecule has 0 N–H and O–H groups in total. The number of hydrogen-bond acceptors (Lipinski definition) is 6. The quantitative estimate of drug-likeness (QED) is 0.574. The number of fused-ring (bicyclic) bond motifs is 1. The first-order valence-electron chi connectivity index (χ1n) is 10.3. The summed E-state index contributed by atoms with van der Waals surface area (Å²) in [5.41, 5.74) is 2.52. The number of aromatic nitrogens is 1. The van der Waals surface area contributed by atoms with Gasteiger partial charge in [0.25, 0.3) is 5.91 Å². The fraction of sp³-hybridized carbons (Fsp3) is 0.292. The van der Waals surface area contributed by atoms with Gasteiger partial charge in [0.2, 0.25) is 5.91 Å². The molecule has 0 fully saturated rings. The molecule has 0 radical (unpaired) electrons. The van der Waals surface area contributed by atoms with Crippen molar-refractivity contribution in [2.45, 2.75) is 26.1 Å². The van der Waals surface area contributed by atoms with Gasteiger partial charge in [-0.1, -0.05) is 29.8 Å². The van der Waals surface area contributed by atoms with Gasteiger partial charge < -0.3 is 19.3 Å². The van der Waals surface area contributed by atoms with E-state index in [4.69, 9.17) is 9.47 Å². The fourth-order valence-electron chi connectivity index (χ4n) is 3.41. The zero-order valence-electron chi connectivity index (χ0n) is 18.3. The minimum Gasteiger partial charge on any atom is -0.486 e. The van der Waals surface area contributed by atoms with Crippen LogP contribution < -0.4 is 14.4 Å². The van der Waals surface area contributed by atoms with Crippen LogP contribution in [-0.2, 0) is 22.6 Å².